The maximum absolute atomic E-state index is 5.43. The Bertz CT molecular complexity index is 177. The van der Waals surface area contributed by atoms with Gasteiger partial charge in [-0.2, -0.15) is 0 Å². The van der Waals surface area contributed by atoms with E-state index in [9.17, 15) is 0 Å². The molecular formula is C12H23NO. The van der Waals surface area contributed by atoms with Crippen LogP contribution in [0.5, 0.6) is 0 Å². The van der Waals surface area contributed by atoms with E-state index in [1.807, 2.05) is 0 Å². The lowest BCUT2D eigenvalue weighted by Crippen LogP contribution is -2.42. The Morgan fingerprint density at radius 1 is 1.29 bits per heavy atom. The van der Waals surface area contributed by atoms with E-state index in [2.05, 4.69) is 19.2 Å². The van der Waals surface area contributed by atoms with Crippen LogP contribution < -0.4 is 5.32 Å². The van der Waals surface area contributed by atoms with E-state index in [1.54, 1.807) is 0 Å². The highest BCUT2D eigenvalue weighted by Gasteiger charge is 2.28. The van der Waals surface area contributed by atoms with Crippen LogP contribution in [0.1, 0.15) is 39.5 Å². The lowest BCUT2D eigenvalue weighted by molar-refractivity contribution is 0.175. The van der Waals surface area contributed by atoms with Crippen molar-refractivity contribution in [1.82, 2.24) is 5.32 Å². The van der Waals surface area contributed by atoms with Gasteiger partial charge in [0, 0.05) is 18.7 Å². The molecule has 2 nitrogen and oxygen atoms in total. The normalized spacial score (nSPS) is 40.3. The maximum Gasteiger partial charge on any atom is 0.0509 e. The van der Waals surface area contributed by atoms with Crippen molar-refractivity contribution in [3.63, 3.8) is 0 Å². The van der Waals surface area contributed by atoms with Crippen molar-refractivity contribution >= 4 is 0 Å². The van der Waals surface area contributed by atoms with Gasteiger partial charge in [-0.15, -0.1) is 0 Å². The molecule has 0 bridgehead atoms. The van der Waals surface area contributed by atoms with Gasteiger partial charge < -0.3 is 10.1 Å². The zero-order chi connectivity index (χ0) is 9.97. The maximum atomic E-state index is 5.43. The second-order valence-electron chi connectivity index (χ2n) is 5.09. The third kappa shape index (κ3) is 2.29. The molecule has 0 aromatic rings. The molecule has 1 N–H and O–H groups in total. The summed E-state index contributed by atoms with van der Waals surface area (Å²) in [4.78, 5) is 0. The average Bonchev–Trinajstić information content (AvgIpc) is 2.77. The standard InChI is InChI=1S/C12H23NO/c1-9-4-3-5-12(9)13-10(2)11-6-7-14-8-11/h9-13H,3-8H2,1-2H3. The number of hydrogen-bond acceptors (Lipinski definition) is 2. The van der Waals surface area contributed by atoms with Crippen LogP contribution in [0.3, 0.4) is 0 Å². The van der Waals surface area contributed by atoms with E-state index in [0.29, 0.717) is 6.04 Å². The van der Waals surface area contributed by atoms with E-state index in [-0.39, 0.29) is 0 Å². The lowest BCUT2D eigenvalue weighted by atomic mass is 9.98. The SMILES string of the molecule is CC1CCCC1NC(C)C1CCOC1. The molecule has 1 saturated carbocycles. The van der Waals surface area contributed by atoms with Gasteiger partial charge >= 0.3 is 0 Å². The molecule has 2 fully saturated rings. The van der Waals surface area contributed by atoms with E-state index in [0.717, 1.165) is 31.1 Å². The molecule has 2 rings (SSSR count). The summed E-state index contributed by atoms with van der Waals surface area (Å²) in [6.45, 7) is 6.64. The summed E-state index contributed by atoms with van der Waals surface area (Å²) >= 11 is 0. The van der Waals surface area contributed by atoms with E-state index < -0.39 is 0 Å². The molecule has 0 amide bonds. The first-order valence-electron chi connectivity index (χ1n) is 6.11. The molecule has 4 unspecified atom stereocenters. The van der Waals surface area contributed by atoms with Gasteiger partial charge in [0.2, 0.25) is 0 Å². The van der Waals surface area contributed by atoms with Crippen LogP contribution in [0.4, 0.5) is 0 Å². The Hall–Kier alpha value is -0.0800. The Morgan fingerprint density at radius 3 is 2.71 bits per heavy atom. The van der Waals surface area contributed by atoms with Crippen LogP contribution in [-0.2, 0) is 4.74 Å². The second kappa shape index (κ2) is 4.63. The molecule has 1 aliphatic heterocycles. The van der Waals surface area contributed by atoms with Crippen molar-refractivity contribution in [2.24, 2.45) is 11.8 Å². The highest BCUT2D eigenvalue weighted by Crippen LogP contribution is 2.26. The topological polar surface area (TPSA) is 21.3 Å². The summed E-state index contributed by atoms with van der Waals surface area (Å²) in [5, 5.41) is 3.79. The van der Waals surface area contributed by atoms with Crippen LogP contribution in [0.2, 0.25) is 0 Å². The Labute approximate surface area is 87.4 Å². The van der Waals surface area contributed by atoms with Gasteiger partial charge in [-0.1, -0.05) is 13.3 Å². The zero-order valence-corrected chi connectivity index (χ0v) is 9.46. The fraction of sp³-hybridized carbons (Fsp3) is 1.00. The molecule has 2 aliphatic rings. The third-order valence-electron chi connectivity index (χ3n) is 4.01. The summed E-state index contributed by atoms with van der Waals surface area (Å²) in [5.41, 5.74) is 0. The predicted octanol–water partition coefficient (Wildman–Crippen LogP) is 2.19. The number of hydrogen-bond donors (Lipinski definition) is 1. The predicted molar refractivity (Wildman–Crippen MR) is 58.3 cm³/mol. The van der Waals surface area contributed by atoms with Crippen molar-refractivity contribution in [2.45, 2.75) is 51.6 Å². The number of rotatable bonds is 3. The fourth-order valence-corrected chi connectivity index (χ4v) is 2.81. The monoisotopic (exact) mass is 197 g/mol. The van der Waals surface area contributed by atoms with Crippen molar-refractivity contribution < 1.29 is 4.74 Å². The van der Waals surface area contributed by atoms with Gasteiger partial charge in [-0.25, -0.2) is 0 Å². The molecule has 2 heteroatoms. The molecule has 1 aliphatic carbocycles. The third-order valence-corrected chi connectivity index (χ3v) is 4.01. The molecule has 82 valence electrons. The minimum Gasteiger partial charge on any atom is -0.381 e. The molecule has 14 heavy (non-hydrogen) atoms. The van der Waals surface area contributed by atoms with Crippen LogP contribution in [0.15, 0.2) is 0 Å². The van der Waals surface area contributed by atoms with E-state index in [4.69, 9.17) is 4.74 Å². The van der Waals surface area contributed by atoms with Gasteiger partial charge in [0.25, 0.3) is 0 Å². The first-order valence-corrected chi connectivity index (χ1v) is 6.11. The van der Waals surface area contributed by atoms with Gasteiger partial charge in [0.05, 0.1) is 6.61 Å². The van der Waals surface area contributed by atoms with Crippen LogP contribution in [0, 0.1) is 11.8 Å². The number of nitrogens with one attached hydrogen (secondary N) is 1. The molecule has 1 heterocycles. The molecule has 1 saturated heterocycles. The smallest absolute Gasteiger partial charge is 0.0509 e. The molecule has 4 atom stereocenters. The quantitative estimate of drug-likeness (QED) is 0.749. The minimum atomic E-state index is 0.642. The summed E-state index contributed by atoms with van der Waals surface area (Å²) in [7, 11) is 0. The summed E-state index contributed by atoms with van der Waals surface area (Å²) < 4.78 is 5.43. The van der Waals surface area contributed by atoms with Gasteiger partial charge in [0.15, 0.2) is 0 Å². The summed E-state index contributed by atoms with van der Waals surface area (Å²) in [6.07, 6.45) is 5.44. The minimum absolute atomic E-state index is 0.642. The molecule has 0 spiro atoms. The largest absolute Gasteiger partial charge is 0.381 e. The summed E-state index contributed by atoms with van der Waals surface area (Å²) in [5.74, 6) is 1.63. The van der Waals surface area contributed by atoms with E-state index >= 15 is 0 Å². The molecule has 0 aromatic carbocycles. The zero-order valence-electron chi connectivity index (χ0n) is 9.46. The highest BCUT2D eigenvalue weighted by molar-refractivity contribution is 4.85. The van der Waals surface area contributed by atoms with Gasteiger partial charge in [-0.3, -0.25) is 0 Å². The molecule has 0 radical (unpaired) electrons. The first-order chi connectivity index (χ1) is 6.77. The Balaban J connectivity index is 1.78. The van der Waals surface area contributed by atoms with Crippen molar-refractivity contribution in [2.75, 3.05) is 13.2 Å². The van der Waals surface area contributed by atoms with Crippen LogP contribution >= 0.6 is 0 Å². The molecule has 0 aromatic heterocycles. The Kier molecular flexibility index (Phi) is 3.45. The highest BCUT2D eigenvalue weighted by atomic mass is 16.5. The van der Waals surface area contributed by atoms with Crippen LogP contribution in [0.25, 0.3) is 0 Å². The number of ether oxygens (including phenoxy) is 1. The fourth-order valence-electron chi connectivity index (χ4n) is 2.81. The van der Waals surface area contributed by atoms with E-state index in [1.165, 1.54) is 25.7 Å². The lowest BCUT2D eigenvalue weighted by Gasteiger charge is -2.26. The molecular weight excluding hydrogens is 174 g/mol. The van der Waals surface area contributed by atoms with Gasteiger partial charge in [-0.05, 0) is 38.0 Å². The van der Waals surface area contributed by atoms with Crippen molar-refractivity contribution in [3.05, 3.63) is 0 Å². The van der Waals surface area contributed by atoms with Crippen LogP contribution in [-0.4, -0.2) is 25.3 Å². The first kappa shape index (κ1) is 10.4. The summed E-state index contributed by atoms with van der Waals surface area (Å²) in [6, 6.07) is 1.41. The Morgan fingerprint density at radius 2 is 2.14 bits per heavy atom. The van der Waals surface area contributed by atoms with Gasteiger partial charge in [0.1, 0.15) is 0 Å². The van der Waals surface area contributed by atoms with Crippen molar-refractivity contribution in [3.8, 4) is 0 Å². The average molecular weight is 197 g/mol. The second-order valence-corrected chi connectivity index (χ2v) is 5.09. The van der Waals surface area contributed by atoms with Crippen molar-refractivity contribution in [1.29, 1.82) is 0 Å².